The number of aliphatic hydroxyl groups is 2. The van der Waals surface area contributed by atoms with Gasteiger partial charge in [-0.05, 0) is 25.7 Å². The maximum atomic E-state index is 10.9. The molecule has 1 saturated heterocycles. The van der Waals surface area contributed by atoms with Crippen molar-refractivity contribution in [1.82, 2.24) is 0 Å². The fourth-order valence-electron chi connectivity index (χ4n) is 3.03. The summed E-state index contributed by atoms with van der Waals surface area (Å²) in [6.07, 6.45) is 8.67. The summed E-state index contributed by atoms with van der Waals surface area (Å²) in [4.78, 5) is 21.7. The van der Waals surface area contributed by atoms with Crippen molar-refractivity contribution in [2.45, 2.75) is 69.0 Å². The minimum absolute atomic E-state index is 0.0567. The first-order chi connectivity index (χ1) is 10.9. The van der Waals surface area contributed by atoms with Crippen LogP contribution in [0.5, 0.6) is 0 Å². The molecule has 0 aromatic heterocycles. The molecule has 1 aliphatic heterocycles. The minimum Gasteiger partial charge on any atom is -0.459 e. The van der Waals surface area contributed by atoms with E-state index in [9.17, 15) is 14.7 Å². The molecule has 0 aromatic rings. The molecule has 1 aliphatic carbocycles. The maximum absolute atomic E-state index is 10.9. The predicted octanol–water partition coefficient (Wildman–Crippen LogP) is 2.46. The van der Waals surface area contributed by atoms with Crippen LogP contribution in [0.2, 0.25) is 0 Å². The SMILES string of the molecule is C=CCC1(CCO)CCC(=O)O1.C=CCC1(O)CCC(=O)CC1. The molecule has 0 amide bonds. The lowest BCUT2D eigenvalue weighted by Crippen LogP contribution is -2.33. The second-order valence-electron chi connectivity index (χ2n) is 6.38. The summed E-state index contributed by atoms with van der Waals surface area (Å²) >= 11 is 0. The molecule has 2 N–H and O–H groups in total. The molecule has 5 heteroatoms. The van der Waals surface area contributed by atoms with Crippen LogP contribution in [0.25, 0.3) is 0 Å². The maximum Gasteiger partial charge on any atom is 0.306 e. The van der Waals surface area contributed by atoms with E-state index in [0.717, 1.165) is 0 Å². The Morgan fingerprint density at radius 3 is 2.09 bits per heavy atom. The number of rotatable bonds is 6. The van der Waals surface area contributed by atoms with Crippen LogP contribution in [0, 0.1) is 0 Å². The van der Waals surface area contributed by atoms with E-state index in [1.54, 1.807) is 12.2 Å². The minimum atomic E-state index is -0.629. The van der Waals surface area contributed by atoms with Gasteiger partial charge in [-0.15, -0.1) is 13.2 Å². The first kappa shape index (κ1) is 19.6. The highest BCUT2D eigenvalue weighted by Crippen LogP contribution is 2.33. The molecule has 0 bridgehead atoms. The number of carbonyl (C=O) groups excluding carboxylic acids is 2. The molecule has 1 atom stereocenters. The number of hydrogen-bond acceptors (Lipinski definition) is 5. The lowest BCUT2D eigenvalue weighted by molar-refractivity contribution is -0.149. The van der Waals surface area contributed by atoms with Crippen LogP contribution in [0.15, 0.2) is 25.3 Å². The quantitative estimate of drug-likeness (QED) is 0.579. The highest BCUT2D eigenvalue weighted by Gasteiger charge is 2.38. The van der Waals surface area contributed by atoms with Crippen molar-refractivity contribution in [3.8, 4) is 0 Å². The van der Waals surface area contributed by atoms with Crippen molar-refractivity contribution in [3.63, 3.8) is 0 Å². The normalized spacial score (nSPS) is 26.0. The third kappa shape index (κ3) is 6.28. The first-order valence-electron chi connectivity index (χ1n) is 8.17. The standard InChI is InChI=1S/C9H14O3.C9H14O2/c1-2-4-9(6-7-10)5-3-8(11)12-9;1-2-5-9(11)6-3-8(10)4-7-9/h2,10H,1,3-7H2;2,11H,1,3-7H2. The van der Waals surface area contributed by atoms with E-state index in [0.29, 0.717) is 57.8 Å². The predicted molar refractivity (Wildman–Crippen MR) is 87.8 cm³/mol. The van der Waals surface area contributed by atoms with E-state index in [4.69, 9.17) is 9.84 Å². The molecule has 5 nitrogen and oxygen atoms in total. The van der Waals surface area contributed by atoms with E-state index >= 15 is 0 Å². The van der Waals surface area contributed by atoms with Gasteiger partial charge in [0.2, 0.25) is 0 Å². The van der Waals surface area contributed by atoms with Crippen molar-refractivity contribution >= 4 is 11.8 Å². The van der Waals surface area contributed by atoms with E-state index in [1.165, 1.54) is 0 Å². The van der Waals surface area contributed by atoms with Gasteiger partial charge >= 0.3 is 5.97 Å². The Labute approximate surface area is 138 Å². The van der Waals surface area contributed by atoms with Gasteiger partial charge in [0.1, 0.15) is 11.4 Å². The Morgan fingerprint density at radius 1 is 1.04 bits per heavy atom. The summed E-state index contributed by atoms with van der Waals surface area (Å²) < 4.78 is 5.16. The topological polar surface area (TPSA) is 83.8 Å². The number of ether oxygens (including phenoxy) is 1. The zero-order valence-electron chi connectivity index (χ0n) is 13.8. The van der Waals surface area contributed by atoms with Crippen LogP contribution in [0.4, 0.5) is 0 Å². The van der Waals surface area contributed by atoms with Gasteiger partial charge < -0.3 is 14.9 Å². The molecule has 2 rings (SSSR count). The van der Waals surface area contributed by atoms with Crippen molar-refractivity contribution in [1.29, 1.82) is 0 Å². The molecule has 2 fully saturated rings. The van der Waals surface area contributed by atoms with Gasteiger partial charge in [0, 0.05) is 38.7 Å². The van der Waals surface area contributed by atoms with Gasteiger partial charge in [0.25, 0.3) is 0 Å². The van der Waals surface area contributed by atoms with Crippen LogP contribution < -0.4 is 0 Å². The third-order valence-corrected chi connectivity index (χ3v) is 4.46. The Morgan fingerprint density at radius 2 is 1.65 bits per heavy atom. The molecule has 1 heterocycles. The molecule has 1 saturated carbocycles. The molecular weight excluding hydrogens is 296 g/mol. The Hall–Kier alpha value is -1.46. The molecule has 2 aliphatic rings. The molecule has 0 spiro atoms. The number of aliphatic hydroxyl groups excluding tert-OH is 1. The first-order valence-corrected chi connectivity index (χ1v) is 8.17. The van der Waals surface area contributed by atoms with Crippen molar-refractivity contribution in [2.75, 3.05) is 6.61 Å². The van der Waals surface area contributed by atoms with Crippen LogP contribution in [0.3, 0.4) is 0 Å². The summed E-state index contributed by atoms with van der Waals surface area (Å²) in [5.41, 5.74) is -1.08. The highest BCUT2D eigenvalue weighted by atomic mass is 16.6. The lowest BCUT2D eigenvalue weighted by atomic mass is 9.82. The summed E-state index contributed by atoms with van der Waals surface area (Å²) in [5, 5.41) is 18.5. The Kier molecular flexibility index (Phi) is 7.65. The summed E-state index contributed by atoms with van der Waals surface area (Å²) in [6.45, 7) is 7.23. The van der Waals surface area contributed by atoms with Gasteiger partial charge in [-0.3, -0.25) is 9.59 Å². The second kappa shape index (κ2) is 8.99. The number of esters is 1. The van der Waals surface area contributed by atoms with Crippen LogP contribution in [-0.4, -0.2) is 39.8 Å². The highest BCUT2D eigenvalue weighted by molar-refractivity contribution is 5.79. The average molecular weight is 324 g/mol. The van der Waals surface area contributed by atoms with Crippen molar-refractivity contribution < 1.29 is 24.5 Å². The largest absolute Gasteiger partial charge is 0.459 e. The molecule has 0 aromatic carbocycles. The fourth-order valence-corrected chi connectivity index (χ4v) is 3.03. The summed E-state index contributed by atoms with van der Waals surface area (Å²) in [5.74, 6) is 0.115. The molecule has 130 valence electrons. The van der Waals surface area contributed by atoms with E-state index in [2.05, 4.69) is 13.2 Å². The van der Waals surface area contributed by atoms with Crippen LogP contribution >= 0.6 is 0 Å². The van der Waals surface area contributed by atoms with Crippen molar-refractivity contribution in [3.05, 3.63) is 25.3 Å². The fraction of sp³-hybridized carbons (Fsp3) is 0.667. The second-order valence-corrected chi connectivity index (χ2v) is 6.38. The Balaban J connectivity index is 0.000000231. The van der Waals surface area contributed by atoms with Gasteiger partial charge in [-0.25, -0.2) is 0 Å². The van der Waals surface area contributed by atoms with E-state index < -0.39 is 11.2 Å². The number of ketones is 1. The zero-order valence-corrected chi connectivity index (χ0v) is 13.8. The van der Waals surface area contributed by atoms with Crippen molar-refractivity contribution in [2.24, 2.45) is 0 Å². The molecular formula is C18H28O5. The molecule has 23 heavy (non-hydrogen) atoms. The van der Waals surface area contributed by atoms with Gasteiger partial charge in [0.05, 0.1) is 5.60 Å². The van der Waals surface area contributed by atoms with Gasteiger partial charge in [-0.1, -0.05) is 12.2 Å². The number of hydrogen-bond donors (Lipinski definition) is 2. The smallest absolute Gasteiger partial charge is 0.306 e. The monoisotopic (exact) mass is 324 g/mol. The van der Waals surface area contributed by atoms with Crippen LogP contribution in [-0.2, 0) is 14.3 Å². The Bertz CT molecular complexity index is 433. The average Bonchev–Trinajstić information content (AvgIpc) is 2.85. The number of carbonyl (C=O) groups is 2. The van der Waals surface area contributed by atoms with E-state index in [1.807, 2.05) is 0 Å². The molecule has 1 unspecified atom stereocenters. The number of cyclic esters (lactones) is 1. The van der Waals surface area contributed by atoms with Gasteiger partial charge in [0.15, 0.2) is 0 Å². The van der Waals surface area contributed by atoms with Crippen LogP contribution in [0.1, 0.15) is 57.8 Å². The third-order valence-electron chi connectivity index (χ3n) is 4.46. The summed E-state index contributed by atoms with van der Waals surface area (Å²) in [7, 11) is 0. The zero-order chi connectivity index (χ0) is 17.3. The molecule has 0 radical (unpaired) electrons. The number of Topliss-reactive ketones (excluding diaryl/α,β-unsaturated/α-hetero) is 1. The van der Waals surface area contributed by atoms with Gasteiger partial charge in [-0.2, -0.15) is 0 Å². The lowest BCUT2D eigenvalue weighted by Gasteiger charge is -2.30. The van der Waals surface area contributed by atoms with E-state index in [-0.39, 0.29) is 18.4 Å². The summed E-state index contributed by atoms with van der Waals surface area (Å²) in [6, 6.07) is 0.